The first-order valence-corrected chi connectivity index (χ1v) is 9.61. The number of hydrogen-bond acceptors (Lipinski definition) is 2. The van der Waals surface area contributed by atoms with Crippen LogP contribution in [-0.2, 0) is 0 Å². The van der Waals surface area contributed by atoms with Gasteiger partial charge in [0.2, 0.25) is 0 Å². The first kappa shape index (κ1) is 21.6. The number of rotatable bonds is 12. The average molecular weight is 426 g/mol. The van der Waals surface area contributed by atoms with E-state index < -0.39 is 0 Å². The van der Waals surface area contributed by atoms with Gasteiger partial charge in [0, 0.05) is 44.4 Å². The molecule has 0 heterocycles. The molecule has 0 aromatic carbocycles. The highest BCUT2D eigenvalue weighted by Gasteiger charge is 2.44. The highest BCUT2D eigenvalue weighted by Crippen LogP contribution is 2.37. The molecule has 0 N–H and O–H groups in total. The van der Waals surface area contributed by atoms with Crippen molar-refractivity contribution in [2.75, 3.05) is 13.1 Å². The van der Waals surface area contributed by atoms with Crippen LogP contribution in [0.1, 0.15) is 73.1 Å². The standard InChI is InChI=1S/C17H34Br2N2/c1-7-9-10-11-12-13-15-20(14-8-2)16(3,4)17(5,6)21(18)19/h8H,2,7,9-15H2,1,3-6H3. The Balaban J connectivity index is 4.55. The van der Waals surface area contributed by atoms with Crippen LogP contribution in [-0.4, -0.2) is 32.0 Å². The number of halogens is 2. The molecule has 0 aliphatic rings. The van der Waals surface area contributed by atoms with Gasteiger partial charge in [0.25, 0.3) is 0 Å². The molecule has 0 aliphatic carbocycles. The van der Waals surface area contributed by atoms with Crippen molar-refractivity contribution in [3.8, 4) is 0 Å². The monoisotopic (exact) mass is 424 g/mol. The van der Waals surface area contributed by atoms with Crippen LogP contribution in [0.3, 0.4) is 0 Å². The molecule has 126 valence electrons. The minimum Gasteiger partial charge on any atom is -0.293 e. The van der Waals surface area contributed by atoms with Crippen molar-refractivity contribution >= 4 is 32.3 Å². The summed E-state index contributed by atoms with van der Waals surface area (Å²) in [6, 6.07) is 0. The highest BCUT2D eigenvalue weighted by molar-refractivity contribution is 9.21. The molecule has 0 saturated heterocycles. The second kappa shape index (κ2) is 10.4. The third-order valence-electron chi connectivity index (χ3n) is 4.84. The van der Waals surface area contributed by atoms with Gasteiger partial charge in [-0.05, 0) is 40.7 Å². The molecule has 0 amide bonds. The van der Waals surface area contributed by atoms with Crippen LogP contribution in [0.4, 0.5) is 0 Å². The largest absolute Gasteiger partial charge is 0.293 e. The van der Waals surface area contributed by atoms with Gasteiger partial charge in [-0.3, -0.25) is 4.90 Å². The van der Waals surface area contributed by atoms with Crippen LogP contribution >= 0.6 is 32.3 Å². The summed E-state index contributed by atoms with van der Waals surface area (Å²) in [6.45, 7) is 17.4. The zero-order valence-electron chi connectivity index (χ0n) is 14.6. The van der Waals surface area contributed by atoms with E-state index in [1.54, 1.807) is 0 Å². The van der Waals surface area contributed by atoms with E-state index >= 15 is 0 Å². The van der Waals surface area contributed by atoms with E-state index in [1.165, 1.54) is 38.5 Å². The fourth-order valence-electron chi connectivity index (χ4n) is 2.43. The second-order valence-electron chi connectivity index (χ2n) is 6.85. The van der Waals surface area contributed by atoms with Crippen LogP contribution in [0.15, 0.2) is 12.7 Å². The summed E-state index contributed by atoms with van der Waals surface area (Å²) in [6.07, 6.45) is 10.0. The van der Waals surface area contributed by atoms with Gasteiger partial charge in [0.15, 0.2) is 0 Å². The van der Waals surface area contributed by atoms with Crippen LogP contribution in [0.25, 0.3) is 0 Å². The Hall–Kier alpha value is 0.620. The average Bonchev–Trinajstić information content (AvgIpc) is 2.40. The van der Waals surface area contributed by atoms with E-state index in [0.29, 0.717) is 0 Å². The minimum atomic E-state index is -0.0434. The predicted molar refractivity (Wildman–Crippen MR) is 103 cm³/mol. The van der Waals surface area contributed by atoms with Gasteiger partial charge >= 0.3 is 0 Å². The van der Waals surface area contributed by atoms with Crippen molar-refractivity contribution in [2.45, 2.75) is 84.2 Å². The van der Waals surface area contributed by atoms with Gasteiger partial charge in [-0.25, -0.2) is 0 Å². The summed E-state index contributed by atoms with van der Waals surface area (Å²) in [7, 11) is 0. The molecule has 0 bridgehead atoms. The van der Waals surface area contributed by atoms with Gasteiger partial charge in [-0.2, -0.15) is 2.95 Å². The molecule has 0 unspecified atom stereocenters. The third kappa shape index (κ3) is 6.72. The van der Waals surface area contributed by atoms with Gasteiger partial charge in [-0.15, -0.1) is 6.58 Å². The molecular formula is C17H34Br2N2. The van der Waals surface area contributed by atoms with Crippen LogP contribution < -0.4 is 0 Å². The summed E-state index contributed by atoms with van der Waals surface area (Å²) < 4.78 is 1.96. The van der Waals surface area contributed by atoms with Crippen molar-refractivity contribution in [3.63, 3.8) is 0 Å². The molecule has 21 heavy (non-hydrogen) atoms. The number of nitrogens with zero attached hydrogens (tertiary/aromatic N) is 2. The molecule has 0 fully saturated rings. The molecule has 0 rings (SSSR count). The molecule has 0 saturated carbocycles. The number of hydrogen-bond donors (Lipinski definition) is 0. The maximum atomic E-state index is 3.93. The van der Waals surface area contributed by atoms with E-state index in [1.807, 2.05) is 9.03 Å². The molecule has 0 radical (unpaired) electrons. The fourth-order valence-corrected chi connectivity index (χ4v) is 3.30. The Morgan fingerprint density at radius 1 is 0.905 bits per heavy atom. The Kier molecular flexibility index (Phi) is 10.7. The van der Waals surface area contributed by atoms with Crippen molar-refractivity contribution in [3.05, 3.63) is 12.7 Å². The fraction of sp³-hybridized carbons (Fsp3) is 0.882. The normalized spacial score (nSPS) is 13.2. The maximum Gasteiger partial charge on any atom is 0.0553 e. The molecule has 0 aliphatic heterocycles. The highest BCUT2D eigenvalue weighted by atomic mass is 79.9. The van der Waals surface area contributed by atoms with Gasteiger partial charge in [-0.1, -0.05) is 45.1 Å². The van der Waals surface area contributed by atoms with Gasteiger partial charge in [0.05, 0.1) is 5.54 Å². The molecule has 0 atom stereocenters. The smallest absolute Gasteiger partial charge is 0.0553 e. The second-order valence-corrected chi connectivity index (χ2v) is 9.22. The van der Waals surface area contributed by atoms with Gasteiger partial charge in [0.1, 0.15) is 0 Å². The van der Waals surface area contributed by atoms with Crippen LogP contribution in [0, 0.1) is 0 Å². The molecule has 0 aromatic rings. The SMILES string of the molecule is C=CCN(CCCCCCCC)C(C)(C)C(C)(C)N(Br)Br. The quantitative estimate of drug-likeness (QED) is 0.205. The van der Waals surface area contributed by atoms with Crippen molar-refractivity contribution in [1.82, 2.24) is 7.85 Å². The van der Waals surface area contributed by atoms with E-state index in [9.17, 15) is 0 Å². The zero-order valence-corrected chi connectivity index (χ0v) is 17.8. The first-order valence-electron chi connectivity index (χ1n) is 8.19. The molecule has 0 spiro atoms. The summed E-state index contributed by atoms with van der Waals surface area (Å²) in [5.41, 5.74) is -0.0180. The first-order chi connectivity index (χ1) is 9.71. The third-order valence-corrected chi connectivity index (χ3v) is 6.61. The Morgan fingerprint density at radius 2 is 1.43 bits per heavy atom. The van der Waals surface area contributed by atoms with E-state index in [0.717, 1.165) is 13.1 Å². The molecule has 2 nitrogen and oxygen atoms in total. The maximum absolute atomic E-state index is 3.93. The van der Waals surface area contributed by atoms with Crippen LogP contribution in [0.2, 0.25) is 0 Å². The van der Waals surface area contributed by atoms with Crippen LogP contribution in [0.5, 0.6) is 0 Å². The van der Waals surface area contributed by atoms with Crippen molar-refractivity contribution < 1.29 is 0 Å². The van der Waals surface area contributed by atoms with E-state index in [4.69, 9.17) is 0 Å². The summed E-state index contributed by atoms with van der Waals surface area (Å²) in [5.74, 6) is 0. The molecule has 0 aromatic heterocycles. The predicted octanol–water partition coefficient (Wildman–Crippen LogP) is 6.31. The van der Waals surface area contributed by atoms with E-state index in [-0.39, 0.29) is 11.1 Å². The van der Waals surface area contributed by atoms with Gasteiger partial charge < -0.3 is 0 Å². The lowest BCUT2D eigenvalue weighted by Crippen LogP contribution is -2.61. The summed E-state index contributed by atoms with van der Waals surface area (Å²) in [5, 5.41) is 0. The minimum absolute atomic E-state index is 0.0254. The van der Waals surface area contributed by atoms with Crippen molar-refractivity contribution in [1.29, 1.82) is 0 Å². The topological polar surface area (TPSA) is 6.48 Å². The Morgan fingerprint density at radius 3 is 1.90 bits per heavy atom. The lowest BCUT2D eigenvalue weighted by molar-refractivity contribution is 0.0413. The molecule has 4 heteroatoms. The summed E-state index contributed by atoms with van der Waals surface area (Å²) >= 11 is 7.12. The zero-order chi connectivity index (χ0) is 16.5. The molecular weight excluding hydrogens is 392 g/mol. The number of unbranched alkanes of at least 4 members (excludes halogenated alkanes) is 5. The Labute approximate surface area is 150 Å². The van der Waals surface area contributed by atoms with Crippen molar-refractivity contribution in [2.24, 2.45) is 0 Å². The summed E-state index contributed by atoms with van der Waals surface area (Å²) in [4.78, 5) is 2.54. The lowest BCUT2D eigenvalue weighted by atomic mass is 9.81. The van der Waals surface area contributed by atoms with E-state index in [2.05, 4.69) is 78.4 Å². The lowest BCUT2D eigenvalue weighted by Gasteiger charge is -2.50. The Bertz CT molecular complexity index is 289.